The number of aliphatic hydroxyl groups excluding tert-OH is 2. The molecular formula is C19H30N2O5. The fourth-order valence-electron chi connectivity index (χ4n) is 2.60. The van der Waals surface area contributed by atoms with Gasteiger partial charge in [0, 0.05) is 37.1 Å². The minimum Gasteiger partial charge on any atom is -0.491 e. The van der Waals surface area contributed by atoms with Crippen LogP contribution in [0, 0.1) is 0 Å². The van der Waals surface area contributed by atoms with Crippen molar-refractivity contribution in [2.45, 2.75) is 51.7 Å². The molecule has 0 fully saturated rings. The third-order valence-corrected chi connectivity index (χ3v) is 3.96. The van der Waals surface area contributed by atoms with E-state index in [0.717, 1.165) is 5.56 Å². The zero-order valence-electron chi connectivity index (χ0n) is 15.8. The van der Waals surface area contributed by atoms with Crippen LogP contribution >= 0.6 is 0 Å². The fourth-order valence-corrected chi connectivity index (χ4v) is 2.60. The summed E-state index contributed by atoms with van der Waals surface area (Å²) in [7, 11) is 0. The maximum Gasteiger partial charge on any atom is 0.224 e. The highest BCUT2D eigenvalue weighted by atomic mass is 16.5. The van der Waals surface area contributed by atoms with Crippen molar-refractivity contribution in [1.82, 2.24) is 5.32 Å². The summed E-state index contributed by atoms with van der Waals surface area (Å²) in [5.41, 5.74) is 1.43. The highest BCUT2D eigenvalue weighted by Gasteiger charge is 2.23. The summed E-state index contributed by atoms with van der Waals surface area (Å²) >= 11 is 0. The van der Waals surface area contributed by atoms with Crippen LogP contribution in [-0.4, -0.2) is 54.1 Å². The van der Waals surface area contributed by atoms with Gasteiger partial charge in [0.15, 0.2) is 0 Å². The van der Waals surface area contributed by atoms with Gasteiger partial charge >= 0.3 is 0 Å². The van der Waals surface area contributed by atoms with Crippen molar-refractivity contribution in [3.8, 4) is 11.5 Å². The number of aliphatic hydroxyl groups is 2. The highest BCUT2D eigenvalue weighted by Crippen LogP contribution is 2.39. The van der Waals surface area contributed by atoms with E-state index >= 15 is 0 Å². The van der Waals surface area contributed by atoms with E-state index in [2.05, 4.69) is 10.6 Å². The molecule has 1 aliphatic heterocycles. The number of anilines is 1. The Kier molecular flexibility index (Phi) is 7.25. The summed E-state index contributed by atoms with van der Waals surface area (Å²) in [5, 5.41) is 25.1. The quantitative estimate of drug-likeness (QED) is 0.494. The Labute approximate surface area is 154 Å². The molecule has 2 rings (SSSR count). The number of amides is 1. The summed E-state index contributed by atoms with van der Waals surface area (Å²) < 4.78 is 11.5. The van der Waals surface area contributed by atoms with Crippen molar-refractivity contribution in [2.24, 2.45) is 0 Å². The van der Waals surface area contributed by atoms with E-state index in [1.165, 1.54) is 0 Å². The summed E-state index contributed by atoms with van der Waals surface area (Å²) in [6.45, 7) is 7.13. The number of ether oxygens (including phenoxy) is 2. The maximum atomic E-state index is 11.8. The van der Waals surface area contributed by atoms with Gasteiger partial charge in [0.1, 0.15) is 24.2 Å². The Morgan fingerprint density at radius 2 is 1.96 bits per heavy atom. The predicted octanol–water partition coefficient (Wildman–Crippen LogP) is 1.46. The van der Waals surface area contributed by atoms with E-state index in [0.29, 0.717) is 49.6 Å². The number of hydrogen-bond acceptors (Lipinski definition) is 6. The second-order valence-corrected chi connectivity index (χ2v) is 7.48. The molecule has 0 radical (unpaired) electrons. The summed E-state index contributed by atoms with van der Waals surface area (Å²) in [4.78, 5) is 11.8. The minimum atomic E-state index is -0.636. The SMILES string of the molecule is CC(C)(C)NCC(O)COc1ccc(OCCCO)c2c1CCC(=O)N2. The van der Waals surface area contributed by atoms with Crippen molar-refractivity contribution >= 4 is 11.6 Å². The van der Waals surface area contributed by atoms with E-state index in [4.69, 9.17) is 14.6 Å². The molecule has 0 saturated heterocycles. The molecule has 0 aromatic heterocycles. The lowest BCUT2D eigenvalue weighted by molar-refractivity contribution is -0.116. The number of carbonyl (C=O) groups excluding carboxylic acids is 1. The van der Waals surface area contributed by atoms with Crippen LogP contribution in [0.5, 0.6) is 11.5 Å². The van der Waals surface area contributed by atoms with E-state index in [1.54, 1.807) is 12.1 Å². The molecule has 0 spiro atoms. The Morgan fingerprint density at radius 1 is 1.23 bits per heavy atom. The number of β-amino-alcohol motifs (C(OH)–C–C–N with tert-alkyl or cyclic N) is 1. The first-order valence-electron chi connectivity index (χ1n) is 9.05. The number of rotatable bonds is 9. The van der Waals surface area contributed by atoms with Crippen molar-refractivity contribution in [2.75, 3.05) is 31.7 Å². The number of carbonyl (C=O) groups is 1. The standard InChI is InChI=1S/C19H30N2O5/c1-19(2,3)20-11-13(23)12-26-15-6-7-16(25-10-4-9-22)18-14(15)5-8-17(24)21-18/h6-7,13,20,22-23H,4-5,8-12H2,1-3H3,(H,21,24). The van der Waals surface area contributed by atoms with E-state index < -0.39 is 6.10 Å². The lowest BCUT2D eigenvalue weighted by Crippen LogP contribution is -2.42. The number of nitrogens with one attached hydrogen (secondary N) is 2. The van der Waals surface area contributed by atoms with Gasteiger partial charge in [-0.2, -0.15) is 0 Å². The van der Waals surface area contributed by atoms with Gasteiger partial charge in [0.25, 0.3) is 0 Å². The van der Waals surface area contributed by atoms with E-state index in [9.17, 15) is 9.90 Å². The number of benzene rings is 1. The molecule has 1 aliphatic rings. The zero-order chi connectivity index (χ0) is 19.2. The van der Waals surface area contributed by atoms with Crippen LogP contribution in [0.3, 0.4) is 0 Å². The van der Waals surface area contributed by atoms with Crippen molar-refractivity contribution < 1.29 is 24.5 Å². The van der Waals surface area contributed by atoms with Gasteiger partial charge in [0.05, 0.1) is 12.3 Å². The lowest BCUT2D eigenvalue weighted by atomic mass is 10.0. The zero-order valence-corrected chi connectivity index (χ0v) is 15.8. The molecule has 7 heteroatoms. The van der Waals surface area contributed by atoms with Crippen LogP contribution in [-0.2, 0) is 11.2 Å². The number of fused-ring (bicyclic) bond motifs is 1. The van der Waals surface area contributed by atoms with E-state index in [-0.39, 0.29) is 24.7 Å². The first-order valence-corrected chi connectivity index (χ1v) is 9.05. The Bertz CT molecular complexity index is 613. The third kappa shape index (κ3) is 6.16. The Morgan fingerprint density at radius 3 is 2.65 bits per heavy atom. The van der Waals surface area contributed by atoms with Crippen LogP contribution in [0.2, 0.25) is 0 Å². The summed E-state index contributed by atoms with van der Waals surface area (Å²) in [6.07, 6.45) is 0.832. The third-order valence-electron chi connectivity index (χ3n) is 3.96. The van der Waals surface area contributed by atoms with Gasteiger partial charge < -0.3 is 30.3 Å². The monoisotopic (exact) mass is 366 g/mol. The first kappa shape index (κ1) is 20.5. The highest BCUT2D eigenvalue weighted by molar-refractivity contribution is 5.96. The van der Waals surface area contributed by atoms with Crippen molar-refractivity contribution in [3.05, 3.63) is 17.7 Å². The lowest BCUT2D eigenvalue weighted by Gasteiger charge is -2.25. The molecule has 146 valence electrons. The fraction of sp³-hybridized carbons (Fsp3) is 0.632. The maximum absolute atomic E-state index is 11.8. The van der Waals surface area contributed by atoms with Crippen LogP contribution in [0.25, 0.3) is 0 Å². The van der Waals surface area contributed by atoms with Crippen LogP contribution in [0.15, 0.2) is 12.1 Å². The van der Waals surface area contributed by atoms with Gasteiger partial charge in [-0.25, -0.2) is 0 Å². The summed E-state index contributed by atoms with van der Waals surface area (Å²) in [6, 6.07) is 3.55. The van der Waals surface area contributed by atoms with Gasteiger partial charge in [-0.15, -0.1) is 0 Å². The molecular weight excluding hydrogens is 336 g/mol. The molecule has 0 saturated carbocycles. The molecule has 0 aliphatic carbocycles. The number of hydrogen-bond donors (Lipinski definition) is 4. The van der Waals surface area contributed by atoms with E-state index in [1.807, 2.05) is 20.8 Å². The molecule has 1 amide bonds. The molecule has 4 N–H and O–H groups in total. The topological polar surface area (TPSA) is 100 Å². The van der Waals surface area contributed by atoms with Gasteiger partial charge in [-0.3, -0.25) is 4.79 Å². The average Bonchev–Trinajstić information content (AvgIpc) is 2.58. The molecule has 0 bridgehead atoms. The second kappa shape index (κ2) is 9.21. The molecule has 7 nitrogen and oxygen atoms in total. The van der Waals surface area contributed by atoms with Crippen LogP contribution in [0.4, 0.5) is 5.69 Å². The largest absolute Gasteiger partial charge is 0.491 e. The Hall–Kier alpha value is -1.83. The predicted molar refractivity (Wildman–Crippen MR) is 99.8 cm³/mol. The smallest absolute Gasteiger partial charge is 0.224 e. The molecule has 1 aromatic rings. The van der Waals surface area contributed by atoms with Gasteiger partial charge in [0.2, 0.25) is 5.91 Å². The van der Waals surface area contributed by atoms with Gasteiger partial charge in [-0.05, 0) is 39.3 Å². The Balaban J connectivity index is 2.04. The van der Waals surface area contributed by atoms with Crippen molar-refractivity contribution in [1.29, 1.82) is 0 Å². The molecule has 1 unspecified atom stereocenters. The van der Waals surface area contributed by atoms with Crippen LogP contribution < -0.4 is 20.1 Å². The molecule has 1 atom stereocenters. The molecule has 1 heterocycles. The molecule has 26 heavy (non-hydrogen) atoms. The minimum absolute atomic E-state index is 0.0518. The average molecular weight is 366 g/mol. The normalized spacial score (nSPS) is 15.2. The molecule has 1 aromatic carbocycles. The van der Waals surface area contributed by atoms with Crippen LogP contribution in [0.1, 0.15) is 39.2 Å². The van der Waals surface area contributed by atoms with Gasteiger partial charge in [-0.1, -0.05) is 0 Å². The summed E-state index contributed by atoms with van der Waals surface area (Å²) in [5.74, 6) is 1.16. The van der Waals surface area contributed by atoms with Crippen molar-refractivity contribution in [3.63, 3.8) is 0 Å². The first-order chi connectivity index (χ1) is 12.3. The second-order valence-electron chi connectivity index (χ2n) is 7.48.